The maximum Gasteiger partial charge on any atom is 0.223 e. The van der Waals surface area contributed by atoms with E-state index in [9.17, 15) is 0 Å². The average molecular weight is 227 g/mol. The van der Waals surface area contributed by atoms with Gasteiger partial charge in [0, 0.05) is 18.7 Å². The molecule has 0 aliphatic carbocycles. The Morgan fingerprint density at radius 1 is 1.47 bits per heavy atom. The Kier molecular flexibility index (Phi) is 2.95. The zero-order valence-corrected chi connectivity index (χ0v) is 9.54. The van der Waals surface area contributed by atoms with Crippen LogP contribution in [0.15, 0.2) is 6.07 Å². The third-order valence-corrected chi connectivity index (χ3v) is 2.99. The van der Waals surface area contributed by atoms with Crippen molar-refractivity contribution in [2.45, 2.75) is 32.2 Å². The Morgan fingerprint density at radius 3 is 2.93 bits per heavy atom. The van der Waals surface area contributed by atoms with Crippen LogP contribution in [0.5, 0.6) is 0 Å². The van der Waals surface area contributed by atoms with E-state index in [1.165, 1.54) is 19.3 Å². The van der Waals surface area contributed by atoms with Crippen LogP contribution in [0, 0.1) is 0 Å². The second kappa shape index (κ2) is 4.23. The van der Waals surface area contributed by atoms with E-state index in [0.717, 1.165) is 12.4 Å². The number of anilines is 2. The van der Waals surface area contributed by atoms with Gasteiger partial charge in [-0.1, -0.05) is 11.6 Å². The molecule has 15 heavy (non-hydrogen) atoms. The second-order valence-electron chi connectivity index (χ2n) is 3.95. The normalized spacial score (nSPS) is 21.7. The van der Waals surface area contributed by atoms with Crippen LogP contribution in [0.2, 0.25) is 5.15 Å². The van der Waals surface area contributed by atoms with Gasteiger partial charge in [-0.05, 0) is 26.2 Å². The summed E-state index contributed by atoms with van der Waals surface area (Å²) in [5.74, 6) is 1.09. The number of halogens is 1. The van der Waals surface area contributed by atoms with Crippen LogP contribution in [0.1, 0.15) is 26.2 Å². The van der Waals surface area contributed by atoms with Crippen LogP contribution in [-0.2, 0) is 0 Å². The molecular weight excluding hydrogens is 212 g/mol. The van der Waals surface area contributed by atoms with Crippen molar-refractivity contribution < 1.29 is 0 Å². The minimum atomic E-state index is 0.246. The van der Waals surface area contributed by atoms with Crippen LogP contribution in [0.3, 0.4) is 0 Å². The van der Waals surface area contributed by atoms with Gasteiger partial charge in [0.05, 0.1) is 0 Å². The first-order valence-electron chi connectivity index (χ1n) is 5.23. The Hall–Kier alpha value is -1.03. The van der Waals surface area contributed by atoms with Crippen LogP contribution >= 0.6 is 11.6 Å². The van der Waals surface area contributed by atoms with Crippen molar-refractivity contribution in [2.75, 3.05) is 17.2 Å². The third-order valence-electron chi connectivity index (χ3n) is 2.80. The largest absolute Gasteiger partial charge is 0.368 e. The molecule has 1 fully saturated rings. The monoisotopic (exact) mass is 226 g/mol. The molecule has 1 aromatic heterocycles. The third kappa shape index (κ3) is 2.31. The van der Waals surface area contributed by atoms with E-state index in [1.807, 2.05) is 0 Å². The molecule has 1 aliphatic heterocycles. The Labute approximate surface area is 94.5 Å². The molecule has 82 valence electrons. The average Bonchev–Trinajstić information content (AvgIpc) is 2.16. The highest BCUT2D eigenvalue weighted by molar-refractivity contribution is 6.29. The molecule has 0 aromatic carbocycles. The first-order valence-corrected chi connectivity index (χ1v) is 5.61. The lowest BCUT2D eigenvalue weighted by Crippen LogP contribution is -2.38. The van der Waals surface area contributed by atoms with Crippen LogP contribution < -0.4 is 10.6 Å². The number of hydrogen-bond acceptors (Lipinski definition) is 4. The van der Waals surface area contributed by atoms with Crippen molar-refractivity contribution in [1.82, 2.24) is 9.97 Å². The fraction of sp³-hybridized carbons (Fsp3) is 0.600. The van der Waals surface area contributed by atoms with Crippen LogP contribution in [0.25, 0.3) is 0 Å². The smallest absolute Gasteiger partial charge is 0.223 e. The molecule has 0 saturated carbocycles. The highest BCUT2D eigenvalue weighted by Gasteiger charge is 2.20. The van der Waals surface area contributed by atoms with Gasteiger partial charge in [0.25, 0.3) is 0 Å². The van der Waals surface area contributed by atoms with Crippen molar-refractivity contribution in [3.05, 3.63) is 11.2 Å². The van der Waals surface area contributed by atoms with Gasteiger partial charge >= 0.3 is 0 Å². The number of nitrogens with two attached hydrogens (primary N) is 1. The molecular formula is C10H15ClN4. The molecule has 2 N–H and O–H groups in total. The molecule has 1 saturated heterocycles. The summed E-state index contributed by atoms with van der Waals surface area (Å²) >= 11 is 5.86. The maximum atomic E-state index is 5.86. The molecule has 1 aliphatic rings. The first-order chi connectivity index (χ1) is 7.16. The Bertz CT molecular complexity index is 335. The van der Waals surface area contributed by atoms with Gasteiger partial charge in [0.1, 0.15) is 11.0 Å². The minimum absolute atomic E-state index is 0.246. The SMILES string of the molecule is C[C@H]1CCCCN1c1cc(Cl)nc(N)n1. The predicted octanol–water partition coefficient (Wildman–Crippen LogP) is 2.09. The predicted molar refractivity (Wildman–Crippen MR) is 62.1 cm³/mol. The second-order valence-corrected chi connectivity index (χ2v) is 4.33. The number of rotatable bonds is 1. The Morgan fingerprint density at radius 2 is 2.27 bits per heavy atom. The summed E-state index contributed by atoms with van der Waals surface area (Å²) in [5.41, 5.74) is 5.58. The number of aromatic nitrogens is 2. The summed E-state index contributed by atoms with van der Waals surface area (Å²) in [4.78, 5) is 10.3. The minimum Gasteiger partial charge on any atom is -0.368 e. The molecule has 2 heterocycles. The fourth-order valence-electron chi connectivity index (χ4n) is 2.01. The standard InChI is InChI=1S/C10H15ClN4/c1-7-4-2-3-5-15(7)9-6-8(11)13-10(12)14-9/h6-7H,2-5H2,1H3,(H2,12,13,14)/t7-/m0/s1. The molecule has 5 heteroatoms. The van der Waals surface area contributed by atoms with Crippen molar-refractivity contribution in [3.8, 4) is 0 Å². The van der Waals surface area contributed by atoms with E-state index < -0.39 is 0 Å². The number of nitrogens with zero attached hydrogens (tertiary/aromatic N) is 3. The van der Waals surface area contributed by atoms with Crippen molar-refractivity contribution in [1.29, 1.82) is 0 Å². The highest BCUT2D eigenvalue weighted by Crippen LogP contribution is 2.24. The summed E-state index contributed by atoms with van der Waals surface area (Å²) in [6.07, 6.45) is 3.68. The quantitative estimate of drug-likeness (QED) is 0.745. The summed E-state index contributed by atoms with van der Waals surface area (Å²) in [6.45, 7) is 3.22. The molecule has 1 atom stereocenters. The zero-order chi connectivity index (χ0) is 10.8. The molecule has 1 aromatic rings. The number of nitrogen functional groups attached to an aromatic ring is 1. The van der Waals surface area contributed by atoms with Gasteiger partial charge in [-0.2, -0.15) is 4.98 Å². The Balaban J connectivity index is 2.27. The van der Waals surface area contributed by atoms with Crippen LogP contribution in [0.4, 0.5) is 11.8 Å². The lowest BCUT2D eigenvalue weighted by molar-refractivity contribution is 0.481. The molecule has 0 spiro atoms. The molecule has 0 amide bonds. The highest BCUT2D eigenvalue weighted by atomic mass is 35.5. The topological polar surface area (TPSA) is 55.0 Å². The van der Waals surface area contributed by atoms with Gasteiger partial charge < -0.3 is 10.6 Å². The van der Waals surface area contributed by atoms with E-state index in [0.29, 0.717) is 11.2 Å². The number of piperidine rings is 1. The van der Waals surface area contributed by atoms with Gasteiger partial charge in [-0.3, -0.25) is 0 Å². The number of hydrogen-bond donors (Lipinski definition) is 1. The van der Waals surface area contributed by atoms with Gasteiger partial charge in [0.2, 0.25) is 5.95 Å². The lowest BCUT2D eigenvalue weighted by atomic mass is 10.0. The van der Waals surface area contributed by atoms with Crippen molar-refractivity contribution in [3.63, 3.8) is 0 Å². The fourth-order valence-corrected chi connectivity index (χ4v) is 2.19. The molecule has 2 rings (SSSR count). The van der Waals surface area contributed by atoms with Gasteiger partial charge in [-0.25, -0.2) is 4.98 Å². The zero-order valence-electron chi connectivity index (χ0n) is 8.78. The lowest BCUT2D eigenvalue weighted by Gasteiger charge is -2.34. The van der Waals surface area contributed by atoms with Gasteiger partial charge in [-0.15, -0.1) is 0 Å². The summed E-state index contributed by atoms with van der Waals surface area (Å²) < 4.78 is 0. The van der Waals surface area contributed by atoms with Crippen LogP contribution in [-0.4, -0.2) is 22.6 Å². The molecule has 4 nitrogen and oxygen atoms in total. The summed E-state index contributed by atoms with van der Waals surface area (Å²) in [5, 5.41) is 0.412. The maximum absolute atomic E-state index is 5.86. The van der Waals surface area contributed by atoms with Gasteiger partial charge in [0.15, 0.2) is 0 Å². The first kappa shape index (κ1) is 10.5. The van der Waals surface area contributed by atoms with E-state index in [1.54, 1.807) is 6.07 Å². The van der Waals surface area contributed by atoms with E-state index >= 15 is 0 Å². The molecule has 0 unspecified atom stereocenters. The molecule has 0 bridgehead atoms. The van der Waals surface area contributed by atoms with E-state index in [2.05, 4.69) is 21.8 Å². The van der Waals surface area contributed by atoms with Crippen molar-refractivity contribution in [2.24, 2.45) is 0 Å². The summed E-state index contributed by atoms with van der Waals surface area (Å²) in [7, 11) is 0. The molecule has 0 radical (unpaired) electrons. The van der Waals surface area contributed by atoms with Crippen molar-refractivity contribution >= 4 is 23.4 Å². The summed E-state index contributed by atoms with van der Waals surface area (Å²) in [6, 6.07) is 2.28. The van der Waals surface area contributed by atoms with E-state index in [4.69, 9.17) is 17.3 Å². The van der Waals surface area contributed by atoms with E-state index in [-0.39, 0.29) is 5.95 Å².